The first kappa shape index (κ1) is 15.7. The van der Waals surface area contributed by atoms with Crippen molar-refractivity contribution in [2.24, 2.45) is 5.92 Å². The van der Waals surface area contributed by atoms with Gasteiger partial charge in [-0.15, -0.1) is 0 Å². The van der Waals surface area contributed by atoms with Crippen LogP contribution in [0.1, 0.15) is 44.6 Å². The topological polar surface area (TPSA) is 18.5 Å². The number of halogens is 1. The highest BCUT2D eigenvalue weighted by atomic mass is 35.5. The van der Waals surface area contributed by atoms with E-state index >= 15 is 0 Å². The van der Waals surface area contributed by atoms with Gasteiger partial charge in [0.1, 0.15) is 5.75 Å². The summed E-state index contributed by atoms with van der Waals surface area (Å²) in [5, 5.41) is 0.709. The van der Waals surface area contributed by atoms with E-state index in [1.807, 2.05) is 12.1 Å². The highest BCUT2D eigenvalue weighted by Crippen LogP contribution is 2.43. The third-order valence-corrected chi connectivity index (χ3v) is 4.45. The molecule has 1 radical (unpaired) electrons. The van der Waals surface area contributed by atoms with E-state index in [2.05, 4.69) is 26.8 Å². The molecular formula is C17H24ClO2. The number of ether oxygens (including phenoxy) is 2. The van der Waals surface area contributed by atoms with Crippen LogP contribution < -0.4 is 4.74 Å². The average Bonchev–Trinajstić information content (AvgIpc) is 2.40. The molecule has 1 saturated heterocycles. The van der Waals surface area contributed by atoms with Gasteiger partial charge in [0.2, 0.25) is 0 Å². The van der Waals surface area contributed by atoms with Crippen molar-refractivity contribution in [3.63, 3.8) is 0 Å². The molecule has 0 saturated carbocycles. The molecule has 0 aliphatic carbocycles. The Morgan fingerprint density at radius 2 is 2.25 bits per heavy atom. The van der Waals surface area contributed by atoms with Crippen molar-refractivity contribution < 1.29 is 9.47 Å². The van der Waals surface area contributed by atoms with Gasteiger partial charge in [0.05, 0.1) is 12.7 Å². The summed E-state index contributed by atoms with van der Waals surface area (Å²) >= 11 is 6.06. The van der Waals surface area contributed by atoms with E-state index in [1.54, 1.807) is 7.11 Å². The Labute approximate surface area is 127 Å². The van der Waals surface area contributed by atoms with Gasteiger partial charge in [-0.05, 0) is 62.6 Å². The SMILES string of the molecule is [CH2]C[C@H](c1ccc(Cl)cc1OC)[C@H]1CCOC(C)(C)C1. The fourth-order valence-corrected chi connectivity index (χ4v) is 3.42. The van der Waals surface area contributed by atoms with E-state index in [1.165, 1.54) is 5.56 Å². The lowest BCUT2D eigenvalue weighted by Crippen LogP contribution is -2.36. The monoisotopic (exact) mass is 295 g/mol. The Kier molecular flexibility index (Phi) is 4.98. The molecule has 0 amide bonds. The summed E-state index contributed by atoms with van der Waals surface area (Å²) in [4.78, 5) is 0. The summed E-state index contributed by atoms with van der Waals surface area (Å²) in [6, 6.07) is 5.91. The minimum Gasteiger partial charge on any atom is -0.496 e. The Hall–Kier alpha value is -0.730. The number of methoxy groups -OCH3 is 1. The molecule has 20 heavy (non-hydrogen) atoms. The Morgan fingerprint density at radius 1 is 1.50 bits per heavy atom. The van der Waals surface area contributed by atoms with Crippen molar-refractivity contribution in [3.05, 3.63) is 35.7 Å². The van der Waals surface area contributed by atoms with Crippen molar-refractivity contribution >= 4 is 11.6 Å². The highest BCUT2D eigenvalue weighted by molar-refractivity contribution is 6.30. The molecule has 1 aromatic carbocycles. The minimum atomic E-state index is -0.0456. The van der Waals surface area contributed by atoms with Gasteiger partial charge in [-0.2, -0.15) is 0 Å². The van der Waals surface area contributed by atoms with E-state index in [4.69, 9.17) is 21.1 Å². The second-order valence-electron chi connectivity index (χ2n) is 6.14. The average molecular weight is 296 g/mol. The first-order chi connectivity index (χ1) is 9.46. The van der Waals surface area contributed by atoms with Crippen LogP contribution >= 0.6 is 11.6 Å². The van der Waals surface area contributed by atoms with Gasteiger partial charge in [-0.25, -0.2) is 0 Å². The number of rotatable bonds is 4. The lowest BCUT2D eigenvalue weighted by molar-refractivity contribution is -0.0768. The van der Waals surface area contributed by atoms with E-state index in [9.17, 15) is 0 Å². The van der Waals surface area contributed by atoms with E-state index in [0.717, 1.165) is 31.6 Å². The molecule has 0 spiro atoms. The lowest BCUT2D eigenvalue weighted by atomic mass is 9.75. The zero-order valence-corrected chi connectivity index (χ0v) is 13.4. The molecule has 0 N–H and O–H groups in total. The smallest absolute Gasteiger partial charge is 0.123 e. The standard InChI is InChI=1S/C17H24ClO2/c1-5-14(12-8-9-20-17(2,3)11-12)15-7-6-13(18)10-16(15)19-4/h6-7,10,12,14H,1,5,8-9,11H2,2-4H3/t12-,14-/m0/s1. The van der Waals surface area contributed by atoms with Crippen LogP contribution in [0.25, 0.3) is 0 Å². The van der Waals surface area contributed by atoms with Crippen molar-refractivity contribution in [2.45, 2.75) is 44.6 Å². The maximum atomic E-state index is 6.06. The second-order valence-corrected chi connectivity index (χ2v) is 6.58. The minimum absolute atomic E-state index is 0.0456. The van der Waals surface area contributed by atoms with Crippen LogP contribution in [0.5, 0.6) is 5.75 Å². The number of hydrogen-bond donors (Lipinski definition) is 0. The zero-order chi connectivity index (χ0) is 14.8. The lowest BCUT2D eigenvalue weighted by Gasteiger charge is -2.39. The molecule has 2 nitrogen and oxygen atoms in total. The Morgan fingerprint density at radius 3 is 2.85 bits per heavy atom. The predicted octanol–water partition coefficient (Wildman–Crippen LogP) is 4.86. The second kappa shape index (κ2) is 6.36. The maximum Gasteiger partial charge on any atom is 0.123 e. The van der Waals surface area contributed by atoms with Gasteiger partial charge in [-0.3, -0.25) is 0 Å². The molecule has 2 rings (SSSR count). The van der Waals surface area contributed by atoms with Gasteiger partial charge in [-0.1, -0.05) is 24.6 Å². The van der Waals surface area contributed by atoms with Gasteiger partial charge in [0.25, 0.3) is 0 Å². The molecule has 1 aliphatic heterocycles. The van der Waals surface area contributed by atoms with Gasteiger partial charge < -0.3 is 9.47 Å². The fourth-order valence-electron chi connectivity index (χ4n) is 3.26. The molecule has 3 heteroatoms. The summed E-state index contributed by atoms with van der Waals surface area (Å²) in [5.74, 6) is 1.84. The molecule has 1 heterocycles. The van der Waals surface area contributed by atoms with Crippen LogP contribution in [0.4, 0.5) is 0 Å². The molecule has 111 valence electrons. The molecule has 0 aromatic heterocycles. The van der Waals surface area contributed by atoms with Crippen LogP contribution in [0.3, 0.4) is 0 Å². The van der Waals surface area contributed by atoms with Crippen LogP contribution in [0.15, 0.2) is 18.2 Å². The molecule has 2 atom stereocenters. The third kappa shape index (κ3) is 3.48. The third-order valence-electron chi connectivity index (χ3n) is 4.21. The maximum absolute atomic E-state index is 6.06. The van der Waals surface area contributed by atoms with Crippen molar-refractivity contribution in [1.29, 1.82) is 0 Å². The fraction of sp³-hybridized carbons (Fsp3) is 0.588. The van der Waals surface area contributed by atoms with Gasteiger partial charge >= 0.3 is 0 Å². The van der Waals surface area contributed by atoms with Gasteiger partial charge in [0.15, 0.2) is 0 Å². The summed E-state index contributed by atoms with van der Waals surface area (Å²) in [6.07, 6.45) is 2.99. The largest absolute Gasteiger partial charge is 0.496 e. The first-order valence-electron chi connectivity index (χ1n) is 7.23. The van der Waals surface area contributed by atoms with E-state index < -0.39 is 0 Å². The summed E-state index contributed by atoms with van der Waals surface area (Å²) in [6.45, 7) is 9.31. The van der Waals surface area contributed by atoms with E-state index in [0.29, 0.717) is 16.9 Å². The molecule has 0 bridgehead atoms. The van der Waals surface area contributed by atoms with Crippen molar-refractivity contribution in [1.82, 2.24) is 0 Å². The first-order valence-corrected chi connectivity index (χ1v) is 7.61. The molecular weight excluding hydrogens is 272 g/mol. The normalized spacial score (nSPS) is 23.4. The highest BCUT2D eigenvalue weighted by Gasteiger charge is 2.34. The summed E-state index contributed by atoms with van der Waals surface area (Å²) in [5.41, 5.74) is 1.17. The van der Waals surface area contributed by atoms with Gasteiger partial charge in [0, 0.05) is 11.6 Å². The van der Waals surface area contributed by atoms with Crippen LogP contribution in [0.2, 0.25) is 5.02 Å². The Bertz CT molecular complexity index is 456. The Balaban J connectivity index is 2.28. The molecule has 1 aromatic rings. The van der Waals surface area contributed by atoms with Crippen LogP contribution in [-0.2, 0) is 4.74 Å². The quantitative estimate of drug-likeness (QED) is 0.789. The predicted molar refractivity (Wildman–Crippen MR) is 83.5 cm³/mol. The van der Waals surface area contributed by atoms with Crippen LogP contribution in [0, 0.1) is 12.8 Å². The summed E-state index contributed by atoms with van der Waals surface area (Å²) < 4.78 is 11.3. The van der Waals surface area contributed by atoms with E-state index in [-0.39, 0.29) is 5.60 Å². The molecule has 1 aliphatic rings. The molecule has 1 fully saturated rings. The molecule has 0 unspecified atom stereocenters. The number of benzene rings is 1. The van der Waals surface area contributed by atoms with Crippen LogP contribution in [-0.4, -0.2) is 19.3 Å². The van der Waals surface area contributed by atoms with Crippen molar-refractivity contribution in [3.8, 4) is 5.75 Å². The number of hydrogen-bond acceptors (Lipinski definition) is 2. The summed E-state index contributed by atoms with van der Waals surface area (Å²) in [7, 11) is 1.70. The zero-order valence-electron chi connectivity index (χ0n) is 12.6. The van der Waals surface area contributed by atoms with Crippen molar-refractivity contribution in [2.75, 3.05) is 13.7 Å².